The Labute approximate surface area is 140 Å². The Morgan fingerprint density at radius 2 is 2.09 bits per heavy atom. The molecule has 0 saturated carbocycles. The number of nitrogens with one attached hydrogen (secondary N) is 1. The van der Waals surface area contributed by atoms with E-state index in [0.29, 0.717) is 30.1 Å². The number of hydrogen-bond acceptors (Lipinski definition) is 7. The average Bonchev–Trinajstić information content (AvgIpc) is 3.18. The predicted octanol–water partition coefficient (Wildman–Crippen LogP) is 3.22. The number of hydrogen-bond donors (Lipinski definition) is 1. The molecule has 6 nitrogen and oxygen atoms in total. The summed E-state index contributed by atoms with van der Waals surface area (Å²) in [5, 5.41) is 10.8. The van der Waals surface area contributed by atoms with Crippen LogP contribution in [0.3, 0.4) is 0 Å². The zero-order valence-electron chi connectivity index (χ0n) is 13.9. The van der Waals surface area contributed by atoms with E-state index in [2.05, 4.69) is 34.7 Å². The van der Waals surface area contributed by atoms with Crippen LogP contribution >= 0.6 is 11.3 Å². The van der Waals surface area contributed by atoms with E-state index in [1.165, 1.54) is 5.01 Å². The first kappa shape index (κ1) is 16.5. The van der Waals surface area contributed by atoms with Crippen molar-refractivity contribution in [1.82, 2.24) is 20.4 Å². The van der Waals surface area contributed by atoms with Crippen molar-refractivity contribution in [2.24, 2.45) is 5.92 Å². The van der Waals surface area contributed by atoms with Gasteiger partial charge in [-0.25, -0.2) is 4.98 Å². The summed E-state index contributed by atoms with van der Waals surface area (Å²) < 4.78 is 10.9. The van der Waals surface area contributed by atoms with Crippen LogP contribution in [0.4, 0.5) is 0 Å². The Morgan fingerprint density at radius 1 is 1.30 bits per heavy atom. The Hall–Kier alpha value is -1.31. The van der Waals surface area contributed by atoms with Crippen LogP contribution in [0.15, 0.2) is 9.90 Å². The first-order valence-electron chi connectivity index (χ1n) is 8.19. The molecule has 1 fully saturated rings. The SMILES string of the molecule is Cc1noc([C@H](NCc2csc(C(C)C)n2)C2CCOCC2)n1. The molecule has 0 aromatic carbocycles. The van der Waals surface area contributed by atoms with Gasteiger partial charge in [-0.15, -0.1) is 11.3 Å². The van der Waals surface area contributed by atoms with Gasteiger partial charge in [-0.2, -0.15) is 4.98 Å². The Kier molecular flexibility index (Phi) is 5.40. The van der Waals surface area contributed by atoms with Crippen LogP contribution in [0.5, 0.6) is 0 Å². The van der Waals surface area contributed by atoms with Crippen molar-refractivity contribution in [2.75, 3.05) is 13.2 Å². The van der Waals surface area contributed by atoms with Gasteiger partial charge in [0.2, 0.25) is 5.89 Å². The van der Waals surface area contributed by atoms with Crippen molar-refractivity contribution in [2.45, 2.75) is 52.1 Å². The molecule has 3 heterocycles. The van der Waals surface area contributed by atoms with E-state index >= 15 is 0 Å². The molecule has 1 aliphatic rings. The average molecular weight is 336 g/mol. The van der Waals surface area contributed by atoms with Crippen molar-refractivity contribution in [3.05, 3.63) is 27.8 Å². The van der Waals surface area contributed by atoms with Crippen molar-refractivity contribution in [3.8, 4) is 0 Å². The van der Waals surface area contributed by atoms with Gasteiger partial charge in [0.05, 0.1) is 16.7 Å². The molecule has 1 aliphatic heterocycles. The monoisotopic (exact) mass is 336 g/mol. The first-order chi connectivity index (χ1) is 11.1. The van der Waals surface area contributed by atoms with E-state index in [1.807, 2.05) is 6.92 Å². The van der Waals surface area contributed by atoms with Gasteiger partial charge in [0, 0.05) is 31.1 Å². The van der Waals surface area contributed by atoms with Crippen LogP contribution in [0, 0.1) is 12.8 Å². The molecule has 2 aromatic rings. The summed E-state index contributed by atoms with van der Waals surface area (Å²) in [5.41, 5.74) is 1.08. The zero-order valence-corrected chi connectivity index (χ0v) is 14.7. The summed E-state index contributed by atoms with van der Waals surface area (Å²) in [6.07, 6.45) is 2.01. The third kappa shape index (κ3) is 4.16. The van der Waals surface area contributed by atoms with E-state index < -0.39 is 0 Å². The molecule has 0 aliphatic carbocycles. The lowest BCUT2D eigenvalue weighted by Crippen LogP contribution is -2.32. The summed E-state index contributed by atoms with van der Waals surface area (Å²) in [6, 6.07) is 0.0595. The minimum Gasteiger partial charge on any atom is -0.381 e. The molecule has 0 bridgehead atoms. The fourth-order valence-electron chi connectivity index (χ4n) is 2.83. The van der Waals surface area contributed by atoms with Gasteiger partial charge in [-0.1, -0.05) is 19.0 Å². The standard InChI is InChI=1S/C16H24N4O2S/c1-10(2)16-19-13(9-23-16)8-17-14(12-4-6-21-7-5-12)15-18-11(3)20-22-15/h9-10,12,14,17H,4-8H2,1-3H3/t14-/m1/s1. The smallest absolute Gasteiger partial charge is 0.244 e. The molecule has 0 radical (unpaired) electrons. The normalized spacial score (nSPS) is 17.7. The number of rotatable bonds is 6. The molecule has 1 atom stereocenters. The maximum atomic E-state index is 5.48. The van der Waals surface area contributed by atoms with E-state index in [0.717, 1.165) is 31.7 Å². The van der Waals surface area contributed by atoms with Crippen LogP contribution in [0.25, 0.3) is 0 Å². The maximum Gasteiger partial charge on any atom is 0.244 e. The predicted molar refractivity (Wildman–Crippen MR) is 88.4 cm³/mol. The number of aryl methyl sites for hydroxylation is 1. The van der Waals surface area contributed by atoms with Gasteiger partial charge >= 0.3 is 0 Å². The molecule has 3 rings (SSSR count). The van der Waals surface area contributed by atoms with Crippen molar-refractivity contribution < 1.29 is 9.26 Å². The molecule has 1 N–H and O–H groups in total. The third-order valence-electron chi connectivity index (χ3n) is 4.11. The Balaban J connectivity index is 1.70. The minimum atomic E-state index is 0.0595. The highest BCUT2D eigenvalue weighted by atomic mass is 32.1. The fourth-order valence-corrected chi connectivity index (χ4v) is 3.66. The minimum absolute atomic E-state index is 0.0595. The summed E-state index contributed by atoms with van der Waals surface area (Å²) in [5.74, 6) is 2.27. The van der Waals surface area contributed by atoms with Gasteiger partial charge in [0.1, 0.15) is 0 Å². The van der Waals surface area contributed by atoms with E-state index in [9.17, 15) is 0 Å². The molecular formula is C16H24N4O2S. The van der Waals surface area contributed by atoms with Gasteiger partial charge < -0.3 is 9.26 Å². The summed E-state index contributed by atoms with van der Waals surface area (Å²) in [6.45, 7) is 8.49. The maximum absolute atomic E-state index is 5.48. The molecule has 23 heavy (non-hydrogen) atoms. The molecule has 0 spiro atoms. The number of aromatic nitrogens is 3. The second-order valence-corrected chi connectivity index (χ2v) is 7.21. The second kappa shape index (κ2) is 7.51. The van der Waals surface area contributed by atoms with Crippen molar-refractivity contribution >= 4 is 11.3 Å². The molecule has 0 unspecified atom stereocenters. The largest absolute Gasteiger partial charge is 0.381 e. The molecule has 2 aromatic heterocycles. The van der Waals surface area contributed by atoms with E-state index in [4.69, 9.17) is 14.2 Å². The van der Waals surface area contributed by atoms with Gasteiger partial charge in [0.25, 0.3) is 0 Å². The quantitative estimate of drug-likeness (QED) is 0.873. The lowest BCUT2D eigenvalue weighted by atomic mass is 9.91. The van der Waals surface area contributed by atoms with Crippen LogP contribution < -0.4 is 5.32 Å². The summed E-state index contributed by atoms with van der Waals surface area (Å²) in [7, 11) is 0. The topological polar surface area (TPSA) is 73.1 Å². The van der Waals surface area contributed by atoms with Crippen molar-refractivity contribution in [1.29, 1.82) is 0 Å². The van der Waals surface area contributed by atoms with E-state index in [1.54, 1.807) is 11.3 Å². The van der Waals surface area contributed by atoms with Crippen molar-refractivity contribution in [3.63, 3.8) is 0 Å². The fraction of sp³-hybridized carbons (Fsp3) is 0.688. The highest BCUT2D eigenvalue weighted by molar-refractivity contribution is 7.09. The van der Waals surface area contributed by atoms with Crippen LogP contribution in [-0.4, -0.2) is 28.3 Å². The molecular weight excluding hydrogens is 312 g/mol. The lowest BCUT2D eigenvalue weighted by Gasteiger charge is -2.28. The molecule has 0 amide bonds. The van der Waals surface area contributed by atoms with Crippen LogP contribution in [0.1, 0.15) is 61.1 Å². The van der Waals surface area contributed by atoms with Gasteiger partial charge in [0.15, 0.2) is 5.82 Å². The summed E-state index contributed by atoms with van der Waals surface area (Å²) in [4.78, 5) is 9.12. The van der Waals surface area contributed by atoms with Gasteiger partial charge in [-0.3, -0.25) is 5.32 Å². The Morgan fingerprint density at radius 3 is 2.70 bits per heavy atom. The number of ether oxygens (including phenoxy) is 1. The molecule has 7 heteroatoms. The molecule has 126 valence electrons. The molecule has 1 saturated heterocycles. The van der Waals surface area contributed by atoms with Crippen LogP contribution in [-0.2, 0) is 11.3 Å². The van der Waals surface area contributed by atoms with Crippen LogP contribution in [0.2, 0.25) is 0 Å². The Bertz CT molecular complexity index is 619. The lowest BCUT2D eigenvalue weighted by molar-refractivity contribution is 0.0485. The summed E-state index contributed by atoms with van der Waals surface area (Å²) >= 11 is 1.72. The first-order valence-corrected chi connectivity index (χ1v) is 9.07. The van der Waals surface area contributed by atoms with E-state index in [-0.39, 0.29) is 6.04 Å². The highest BCUT2D eigenvalue weighted by Gasteiger charge is 2.29. The van der Waals surface area contributed by atoms with Gasteiger partial charge in [-0.05, 0) is 25.7 Å². The second-order valence-electron chi connectivity index (χ2n) is 6.32. The third-order valence-corrected chi connectivity index (χ3v) is 5.31. The number of nitrogens with zero attached hydrogens (tertiary/aromatic N) is 3. The zero-order chi connectivity index (χ0) is 16.2. The highest BCUT2D eigenvalue weighted by Crippen LogP contribution is 2.30. The number of thiazole rings is 1.